The summed E-state index contributed by atoms with van der Waals surface area (Å²) in [5, 5.41) is 9.56. The number of carboxylic acid groups (broad SMARTS) is 1. The van der Waals surface area contributed by atoms with Crippen LogP contribution in [0.15, 0.2) is 0 Å². The number of nitrogens with zero attached hydrogens (tertiary/aromatic N) is 1. The maximum absolute atomic E-state index is 11.5. The largest absolute Gasteiger partial charge is 0.533 e. The van der Waals surface area contributed by atoms with E-state index >= 15 is 0 Å². The van der Waals surface area contributed by atoms with Crippen LogP contribution in [0.1, 0.15) is 40.0 Å². The average Bonchev–Trinajstić information content (AvgIpc) is 2.67. The number of ether oxygens (including phenoxy) is 1. The molecule has 0 spiro atoms. The molecule has 1 saturated heterocycles. The summed E-state index contributed by atoms with van der Waals surface area (Å²) in [6, 6.07) is 0. The minimum Gasteiger partial charge on any atom is -0.481 e. The molecule has 8 heteroatoms. The topological polar surface area (TPSA) is 110 Å². The van der Waals surface area contributed by atoms with E-state index in [1.807, 2.05) is 13.8 Å². The molecule has 0 aromatic carbocycles. The average molecular weight is 301 g/mol. The Morgan fingerprint density at radius 2 is 1.81 bits per heavy atom. The molecule has 1 aliphatic heterocycles. The molecule has 0 radical (unpaired) electrons. The van der Waals surface area contributed by atoms with Gasteiger partial charge in [0.1, 0.15) is 6.61 Å². The monoisotopic (exact) mass is 301 g/mol. The highest BCUT2D eigenvalue weighted by atomic mass is 16.8. The molecule has 1 unspecified atom stereocenters. The van der Waals surface area contributed by atoms with Crippen molar-refractivity contribution in [2.45, 2.75) is 40.0 Å². The maximum atomic E-state index is 11.5. The van der Waals surface area contributed by atoms with E-state index in [0.717, 1.165) is 0 Å². The summed E-state index contributed by atoms with van der Waals surface area (Å²) in [7, 11) is 0. The second-order valence-corrected chi connectivity index (χ2v) is 5.68. The molecular weight excluding hydrogens is 282 g/mol. The van der Waals surface area contributed by atoms with Crippen LogP contribution in [0.25, 0.3) is 0 Å². The Labute approximate surface area is 121 Å². The summed E-state index contributed by atoms with van der Waals surface area (Å²) in [6.07, 6.45) is -1.01. The third-order valence-corrected chi connectivity index (χ3v) is 3.06. The second kappa shape index (κ2) is 6.55. The number of hydrogen-bond acceptors (Lipinski definition) is 6. The molecule has 21 heavy (non-hydrogen) atoms. The van der Waals surface area contributed by atoms with E-state index in [1.54, 1.807) is 0 Å². The van der Waals surface area contributed by atoms with Crippen LogP contribution in [-0.4, -0.2) is 40.7 Å². The van der Waals surface area contributed by atoms with Crippen molar-refractivity contribution >= 4 is 23.9 Å². The van der Waals surface area contributed by atoms with E-state index in [0.29, 0.717) is 11.5 Å². The van der Waals surface area contributed by atoms with Gasteiger partial charge in [0.15, 0.2) is 0 Å². The van der Waals surface area contributed by atoms with E-state index in [2.05, 4.69) is 4.84 Å². The van der Waals surface area contributed by atoms with Crippen LogP contribution < -0.4 is 0 Å². The van der Waals surface area contributed by atoms with Crippen molar-refractivity contribution in [3.8, 4) is 0 Å². The third kappa shape index (κ3) is 4.44. The van der Waals surface area contributed by atoms with Gasteiger partial charge in [-0.05, 0) is 19.3 Å². The van der Waals surface area contributed by atoms with Gasteiger partial charge in [0, 0.05) is 12.8 Å². The molecule has 1 rings (SSSR count). The lowest BCUT2D eigenvalue weighted by atomic mass is 9.83. The number of hydroxylamine groups is 2. The standard InChI is InChI=1S/C13H19NO7/c1-8(2)6-13(3,11(17)18)7-20-12(19)21-14-9(15)4-5-10(14)16/h8H,4-7H2,1-3H3,(H,17,18). The highest BCUT2D eigenvalue weighted by Crippen LogP contribution is 2.27. The molecule has 118 valence electrons. The first-order chi connectivity index (χ1) is 9.65. The predicted molar refractivity (Wildman–Crippen MR) is 68.7 cm³/mol. The van der Waals surface area contributed by atoms with Crippen molar-refractivity contribution in [3.63, 3.8) is 0 Å². The van der Waals surface area contributed by atoms with Crippen LogP contribution in [-0.2, 0) is 24.0 Å². The molecule has 0 saturated carbocycles. The Kier molecular flexibility index (Phi) is 5.28. The number of hydrogen-bond donors (Lipinski definition) is 1. The predicted octanol–water partition coefficient (Wildman–Crippen LogP) is 1.34. The fourth-order valence-electron chi connectivity index (χ4n) is 2.09. The van der Waals surface area contributed by atoms with Gasteiger partial charge in [-0.15, -0.1) is 0 Å². The molecular formula is C13H19NO7. The highest BCUT2D eigenvalue weighted by Gasteiger charge is 2.37. The lowest BCUT2D eigenvalue weighted by molar-refractivity contribution is -0.179. The zero-order valence-electron chi connectivity index (χ0n) is 12.2. The normalized spacial score (nSPS) is 17.8. The van der Waals surface area contributed by atoms with Crippen LogP contribution in [0.3, 0.4) is 0 Å². The summed E-state index contributed by atoms with van der Waals surface area (Å²) >= 11 is 0. The number of carboxylic acids is 1. The highest BCUT2D eigenvalue weighted by molar-refractivity contribution is 6.01. The van der Waals surface area contributed by atoms with Gasteiger partial charge in [-0.25, -0.2) is 4.79 Å². The molecule has 0 bridgehead atoms. The Morgan fingerprint density at radius 3 is 2.24 bits per heavy atom. The first kappa shape index (κ1) is 16.9. The van der Waals surface area contributed by atoms with E-state index in [1.165, 1.54) is 6.92 Å². The number of carbonyl (C=O) groups excluding carboxylic acids is 3. The van der Waals surface area contributed by atoms with Crippen LogP contribution in [0.4, 0.5) is 4.79 Å². The van der Waals surface area contributed by atoms with Gasteiger partial charge in [-0.1, -0.05) is 18.9 Å². The fourth-order valence-corrected chi connectivity index (χ4v) is 2.09. The molecule has 2 amide bonds. The number of amides is 2. The molecule has 0 aromatic rings. The van der Waals surface area contributed by atoms with Gasteiger partial charge in [0.25, 0.3) is 11.8 Å². The van der Waals surface area contributed by atoms with E-state index < -0.39 is 36.0 Å². The van der Waals surface area contributed by atoms with Gasteiger partial charge in [-0.3, -0.25) is 19.2 Å². The van der Waals surface area contributed by atoms with Crippen molar-refractivity contribution in [1.82, 2.24) is 5.06 Å². The molecule has 1 N–H and O–H groups in total. The van der Waals surface area contributed by atoms with Gasteiger partial charge < -0.3 is 9.84 Å². The van der Waals surface area contributed by atoms with Crippen LogP contribution in [0.2, 0.25) is 0 Å². The Hall–Kier alpha value is -2.12. The summed E-state index contributed by atoms with van der Waals surface area (Å²) < 4.78 is 4.74. The Bertz CT molecular complexity index is 443. The SMILES string of the molecule is CC(C)CC(C)(COC(=O)ON1C(=O)CCC1=O)C(=O)O. The van der Waals surface area contributed by atoms with E-state index in [9.17, 15) is 24.3 Å². The van der Waals surface area contributed by atoms with Gasteiger partial charge in [0.2, 0.25) is 0 Å². The summed E-state index contributed by atoms with van der Waals surface area (Å²) in [6.45, 7) is 4.74. The van der Waals surface area contributed by atoms with Crippen LogP contribution in [0.5, 0.6) is 0 Å². The third-order valence-electron chi connectivity index (χ3n) is 3.06. The van der Waals surface area contributed by atoms with Crippen molar-refractivity contribution in [1.29, 1.82) is 0 Å². The first-order valence-electron chi connectivity index (χ1n) is 6.59. The lowest BCUT2D eigenvalue weighted by Crippen LogP contribution is -2.37. The summed E-state index contributed by atoms with van der Waals surface area (Å²) in [5.41, 5.74) is -1.26. The smallest absolute Gasteiger partial charge is 0.481 e. The van der Waals surface area contributed by atoms with Crippen molar-refractivity contribution in [3.05, 3.63) is 0 Å². The van der Waals surface area contributed by atoms with Crippen molar-refractivity contribution in [2.24, 2.45) is 11.3 Å². The zero-order valence-corrected chi connectivity index (χ0v) is 12.2. The molecule has 1 aliphatic rings. The Balaban J connectivity index is 2.56. The molecule has 0 aliphatic carbocycles. The molecule has 8 nitrogen and oxygen atoms in total. The van der Waals surface area contributed by atoms with Gasteiger partial charge in [0.05, 0.1) is 5.41 Å². The first-order valence-corrected chi connectivity index (χ1v) is 6.59. The van der Waals surface area contributed by atoms with Crippen LogP contribution >= 0.6 is 0 Å². The fraction of sp³-hybridized carbons (Fsp3) is 0.692. The summed E-state index contributed by atoms with van der Waals surface area (Å²) in [5.74, 6) is -2.26. The minimum atomic E-state index is -1.27. The van der Waals surface area contributed by atoms with Crippen molar-refractivity contribution < 1.29 is 33.9 Å². The molecule has 1 heterocycles. The van der Waals surface area contributed by atoms with E-state index in [-0.39, 0.29) is 18.8 Å². The van der Waals surface area contributed by atoms with Gasteiger partial charge in [-0.2, -0.15) is 0 Å². The number of rotatable bonds is 6. The van der Waals surface area contributed by atoms with E-state index in [4.69, 9.17) is 4.74 Å². The second-order valence-electron chi connectivity index (χ2n) is 5.68. The van der Waals surface area contributed by atoms with Crippen LogP contribution in [0, 0.1) is 11.3 Å². The quantitative estimate of drug-likeness (QED) is 0.582. The molecule has 0 aromatic heterocycles. The number of carbonyl (C=O) groups is 4. The Morgan fingerprint density at radius 1 is 1.29 bits per heavy atom. The lowest BCUT2D eigenvalue weighted by Gasteiger charge is -2.26. The zero-order chi connectivity index (χ0) is 16.2. The summed E-state index contributed by atoms with van der Waals surface area (Å²) in [4.78, 5) is 49.7. The maximum Gasteiger partial charge on any atom is 0.533 e. The number of imide groups is 1. The molecule has 1 atom stereocenters. The number of aliphatic carboxylic acids is 1. The molecule has 1 fully saturated rings. The van der Waals surface area contributed by atoms with Gasteiger partial charge >= 0.3 is 12.1 Å². The van der Waals surface area contributed by atoms with Crippen molar-refractivity contribution in [2.75, 3.05) is 6.61 Å². The minimum absolute atomic E-state index is 0.0215.